The van der Waals surface area contributed by atoms with Crippen molar-refractivity contribution in [1.82, 2.24) is 4.31 Å². The standard InChI is InChI=1S/C13H16ClN3O2S/c14-11-6-5-10(9-15)8-12(11)20(18,19)17-7-3-1-2-4-13(17)16/h5-6,8,13H,1-4,7,16H2. The summed E-state index contributed by atoms with van der Waals surface area (Å²) in [5, 5.41) is 9.01. The summed E-state index contributed by atoms with van der Waals surface area (Å²) in [4.78, 5) is -0.0458. The molecule has 20 heavy (non-hydrogen) atoms. The molecular weight excluding hydrogens is 298 g/mol. The lowest BCUT2D eigenvalue weighted by atomic mass is 10.2. The molecule has 0 spiro atoms. The predicted molar refractivity (Wildman–Crippen MR) is 76.5 cm³/mol. The second kappa shape index (κ2) is 6.10. The van der Waals surface area contributed by atoms with Crippen molar-refractivity contribution in [1.29, 1.82) is 5.26 Å². The number of halogens is 1. The van der Waals surface area contributed by atoms with Crippen LogP contribution in [0.3, 0.4) is 0 Å². The van der Waals surface area contributed by atoms with Gasteiger partial charge in [-0.3, -0.25) is 0 Å². The average molecular weight is 314 g/mol. The Bertz CT molecular complexity index is 640. The second-order valence-corrected chi connectivity index (χ2v) is 7.06. The quantitative estimate of drug-likeness (QED) is 0.905. The van der Waals surface area contributed by atoms with Crippen molar-refractivity contribution in [3.05, 3.63) is 28.8 Å². The van der Waals surface area contributed by atoms with Gasteiger partial charge in [-0.05, 0) is 31.0 Å². The molecule has 1 unspecified atom stereocenters. The number of sulfonamides is 1. The minimum absolute atomic E-state index is 0.0458. The Balaban J connectivity index is 2.46. The van der Waals surface area contributed by atoms with E-state index in [0.29, 0.717) is 13.0 Å². The molecule has 1 aromatic carbocycles. The smallest absolute Gasteiger partial charge is 0.245 e. The summed E-state index contributed by atoms with van der Waals surface area (Å²) >= 11 is 5.99. The summed E-state index contributed by atoms with van der Waals surface area (Å²) < 4.78 is 26.7. The third-order valence-electron chi connectivity index (χ3n) is 3.40. The molecular formula is C13H16ClN3O2S. The van der Waals surface area contributed by atoms with Gasteiger partial charge >= 0.3 is 0 Å². The molecule has 7 heteroatoms. The first-order valence-electron chi connectivity index (χ1n) is 6.44. The van der Waals surface area contributed by atoms with Crippen LogP contribution in [0.4, 0.5) is 0 Å². The molecule has 0 bridgehead atoms. The monoisotopic (exact) mass is 313 g/mol. The SMILES string of the molecule is N#Cc1ccc(Cl)c(S(=O)(=O)N2CCCCCC2N)c1. The first-order valence-corrected chi connectivity index (χ1v) is 8.25. The molecule has 1 aliphatic rings. The van der Waals surface area contributed by atoms with Gasteiger partial charge < -0.3 is 5.73 Å². The fourth-order valence-electron chi connectivity index (χ4n) is 2.30. The van der Waals surface area contributed by atoms with E-state index >= 15 is 0 Å². The fourth-order valence-corrected chi connectivity index (χ4v) is 4.39. The van der Waals surface area contributed by atoms with Crippen molar-refractivity contribution in [2.75, 3.05) is 6.54 Å². The van der Waals surface area contributed by atoms with Crippen molar-refractivity contribution in [2.24, 2.45) is 5.73 Å². The molecule has 1 aromatic rings. The van der Waals surface area contributed by atoms with Crippen LogP contribution in [0, 0.1) is 11.3 Å². The minimum atomic E-state index is -3.77. The van der Waals surface area contributed by atoms with E-state index in [1.165, 1.54) is 22.5 Å². The van der Waals surface area contributed by atoms with Gasteiger partial charge in [0, 0.05) is 6.54 Å². The molecule has 1 aliphatic heterocycles. The molecule has 0 aromatic heterocycles. The zero-order chi connectivity index (χ0) is 14.8. The number of benzene rings is 1. The van der Waals surface area contributed by atoms with Crippen LogP contribution in [-0.2, 0) is 10.0 Å². The zero-order valence-corrected chi connectivity index (χ0v) is 12.5. The summed E-state index contributed by atoms with van der Waals surface area (Å²) in [7, 11) is -3.77. The largest absolute Gasteiger partial charge is 0.315 e. The van der Waals surface area contributed by atoms with Gasteiger partial charge in [-0.1, -0.05) is 24.4 Å². The third kappa shape index (κ3) is 2.96. The molecule has 0 amide bonds. The number of nitriles is 1. The molecule has 1 atom stereocenters. The molecule has 0 aliphatic carbocycles. The maximum absolute atomic E-state index is 12.7. The molecule has 108 valence electrons. The average Bonchev–Trinajstić information content (AvgIpc) is 2.64. The number of nitrogens with two attached hydrogens (primary N) is 1. The lowest BCUT2D eigenvalue weighted by Gasteiger charge is -2.26. The third-order valence-corrected chi connectivity index (χ3v) is 5.80. The van der Waals surface area contributed by atoms with E-state index in [4.69, 9.17) is 22.6 Å². The van der Waals surface area contributed by atoms with Gasteiger partial charge in [-0.25, -0.2) is 8.42 Å². The molecule has 1 heterocycles. The Morgan fingerprint density at radius 1 is 1.35 bits per heavy atom. The maximum Gasteiger partial charge on any atom is 0.245 e. The zero-order valence-electron chi connectivity index (χ0n) is 10.9. The van der Waals surface area contributed by atoms with E-state index in [1.807, 2.05) is 6.07 Å². The first kappa shape index (κ1) is 15.3. The van der Waals surface area contributed by atoms with E-state index in [0.717, 1.165) is 19.3 Å². The van der Waals surface area contributed by atoms with Crippen LogP contribution < -0.4 is 5.73 Å². The highest BCUT2D eigenvalue weighted by molar-refractivity contribution is 7.89. The van der Waals surface area contributed by atoms with E-state index in [1.54, 1.807) is 0 Å². The van der Waals surface area contributed by atoms with Crippen molar-refractivity contribution in [3.63, 3.8) is 0 Å². The van der Waals surface area contributed by atoms with E-state index < -0.39 is 16.2 Å². The Kier molecular flexibility index (Phi) is 4.66. The van der Waals surface area contributed by atoms with Crippen LogP contribution in [0.5, 0.6) is 0 Å². The fraction of sp³-hybridized carbons (Fsp3) is 0.462. The van der Waals surface area contributed by atoms with Gasteiger partial charge in [0.2, 0.25) is 10.0 Å². The van der Waals surface area contributed by atoms with Crippen LogP contribution >= 0.6 is 11.6 Å². The van der Waals surface area contributed by atoms with Gasteiger partial charge in [0.1, 0.15) is 4.90 Å². The number of hydrogen-bond donors (Lipinski definition) is 1. The highest BCUT2D eigenvalue weighted by Crippen LogP contribution is 2.28. The van der Waals surface area contributed by atoms with Crippen molar-refractivity contribution in [2.45, 2.75) is 36.7 Å². The van der Waals surface area contributed by atoms with E-state index in [2.05, 4.69) is 0 Å². The summed E-state index contributed by atoms with van der Waals surface area (Å²) in [6.07, 6.45) is 2.76. The van der Waals surface area contributed by atoms with Gasteiger partial charge in [0.15, 0.2) is 0 Å². The van der Waals surface area contributed by atoms with Crippen molar-refractivity contribution >= 4 is 21.6 Å². The lowest BCUT2D eigenvalue weighted by Crippen LogP contribution is -2.45. The predicted octanol–water partition coefficient (Wildman–Crippen LogP) is 2.06. The van der Waals surface area contributed by atoms with Crippen LogP contribution in [0.1, 0.15) is 31.2 Å². The van der Waals surface area contributed by atoms with Crippen molar-refractivity contribution in [3.8, 4) is 6.07 Å². The summed E-state index contributed by atoms with van der Waals surface area (Å²) in [5.74, 6) is 0. The Morgan fingerprint density at radius 3 is 2.80 bits per heavy atom. The topological polar surface area (TPSA) is 87.2 Å². The van der Waals surface area contributed by atoms with Gasteiger partial charge in [0.25, 0.3) is 0 Å². The highest BCUT2D eigenvalue weighted by Gasteiger charge is 2.32. The minimum Gasteiger partial charge on any atom is -0.315 e. The number of rotatable bonds is 2. The molecule has 5 nitrogen and oxygen atoms in total. The summed E-state index contributed by atoms with van der Waals surface area (Å²) in [6, 6.07) is 6.14. The summed E-state index contributed by atoms with van der Waals surface area (Å²) in [5.41, 5.74) is 6.22. The van der Waals surface area contributed by atoms with Crippen LogP contribution in [0.2, 0.25) is 5.02 Å². The molecule has 2 rings (SSSR count). The molecule has 1 fully saturated rings. The molecule has 0 saturated carbocycles. The number of nitrogens with zero attached hydrogens (tertiary/aromatic N) is 2. The molecule has 0 radical (unpaired) electrons. The van der Waals surface area contributed by atoms with E-state index in [9.17, 15) is 8.42 Å². The van der Waals surface area contributed by atoms with Crippen LogP contribution in [0.15, 0.2) is 23.1 Å². The number of hydrogen-bond acceptors (Lipinski definition) is 4. The lowest BCUT2D eigenvalue weighted by molar-refractivity contribution is 0.329. The molecule has 1 saturated heterocycles. The normalized spacial score (nSPS) is 21.1. The maximum atomic E-state index is 12.7. The second-order valence-electron chi connectivity index (χ2n) is 4.79. The van der Waals surface area contributed by atoms with Gasteiger partial charge in [-0.2, -0.15) is 9.57 Å². The Hall–Kier alpha value is -1.13. The summed E-state index contributed by atoms with van der Waals surface area (Å²) in [6.45, 7) is 0.386. The van der Waals surface area contributed by atoms with Crippen LogP contribution in [-0.4, -0.2) is 25.4 Å². The van der Waals surface area contributed by atoms with Crippen molar-refractivity contribution < 1.29 is 8.42 Å². The van der Waals surface area contributed by atoms with E-state index in [-0.39, 0.29) is 15.5 Å². The Morgan fingerprint density at radius 2 is 2.10 bits per heavy atom. The Labute approximate surface area is 124 Å². The first-order chi connectivity index (χ1) is 9.46. The van der Waals surface area contributed by atoms with Gasteiger partial charge in [0.05, 0.1) is 22.8 Å². The highest BCUT2D eigenvalue weighted by atomic mass is 35.5. The van der Waals surface area contributed by atoms with Crippen LogP contribution in [0.25, 0.3) is 0 Å². The van der Waals surface area contributed by atoms with Gasteiger partial charge in [-0.15, -0.1) is 0 Å². The molecule has 2 N–H and O–H groups in total.